The van der Waals surface area contributed by atoms with Gasteiger partial charge in [-0.2, -0.15) is 0 Å². The van der Waals surface area contributed by atoms with Gasteiger partial charge in [-0.25, -0.2) is 4.39 Å². The molecule has 0 N–H and O–H groups in total. The number of halogens is 2. The van der Waals surface area contributed by atoms with Gasteiger partial charge in [-0.1, -0.05) is 64.4 Å². The molecule has 1 aliphatic carbocycles. The molecule has 1 aromatic rings. The largest absolute Gasteiger partial charge is 0.348 e. The van der Waals surface area contributed by atoms with Crippen molar-refractivity contribution in [1.82, 2.24) is 0 Å². The molecule has 26 heavy (non-hydrogen) atoms. The molecule has 1 saturated carbocycles. The smallest absolute Gasteiger partial charge is 0.183 e. The summed E-state index contributed by atoms with van der Waals surface area (Å²) in [5, 5.41) is 0. The Morgan fingerprint density at radius 2 is 1.58 bits per heavy atom. The minimum atomic E-state index is -0.428. The summed E-state index contributed by atoms with van der Waals surface area (Å²) in [5.74, 6) is 2.08. The molecule has 0 spiro atoms. The van der Waals surface area contributed by atoms with Crippen molar-refractivity contribution in [3.05, 3.63) is 34.1 Å². The van der Waals surface area contributed by atoms with Crippen molar-refractivity contribution in [2.45, 2.75) is 71.0 Å². The first-order valence-electron chi connectivity index (χ1n) is 10.3. The van der Waals surface area contributed by atoms with Gasteiger partial charge in [0, 0.05) is 11.5 Å². The Morgan fingerprint density at radius 3 is 2.19 bits per heavy atom. The zero-order valence-electron chi connectivity index (χ0n) is 15.9. The second kappa shape index (κ2) is 10.2. The fourth-order valence-electron chi connectivity index (χ4n) is 4.33. The van der Waals surface area contributed by atoms with E-state index in [0.29, 0.717) is 23.6 Å². The number of hydrogen-bond acceptors (Lipinski definition) is 2. The molecule has 1 aromatic carbocycles. The zero-order chi connectivity index (χ0) is 18.4. The van der Waals surface area contributed by atoms with Crippen LogP contribution in [0.1, 0.15) is 76.6 Å². The van der Waals surface area contributed by atoms with Gasteiger partial charge in [0.1, 0.15) is 5.82 Å². The highest BCUT2D eigenvalue weighted by molar-refractivity contribution is 9.10. The third kappa shape index (κ3) is 5.77. The summed E-state index contributed by atoms with van der Waals surface area (Å²) >= 11 is 3.18. The molecule has 0 bridgehead atoms. The molecule has 2 fully saturated rings. The highest BCUT2D eigenvalue weighted by Gasteiger charge is 2.26. The minimum Gasteiger partial charge on any atom is -0.348 e. The van der Waals surface area contributed by atoms with E-state index < -0.39 is 6.29 Å². The van der Waals surface area contributed by atoms with E-state index in [9.17, 15) is 4.39 Å². The van der Waals surface area contributed by atoms with Crippen LogP contribution in [0, 0.1) is 23.6 Å². The number of unbranched alkanes of at least 4 members (excludes halogenated alkanes) is 1. The second-order valence-corrected chi connectivity index (χ2v) is 9.00. The van der Waals surface area contributed by atoms with Crippen LogP contribution < -0.4 is 0 Å². The van der Waals surface area contributed by atoms with Crippen LogP contribution in [0.5, 0.6) is 0 Å². The van der Waals surface area contributed by atoms with Gasteiger partial charge in [-0.05, 0) is 46.3 Å². The van der Waals surface area contributed by atoms with Crippen molar-refractivity contribution in [3.63, 3.8) is 0 Å². The van der Waals surface area contributed by atoms with Crippen molar-refractivity contribution in [2.75, 3.05) is 13.2 Å². The van der Waals surface area contributed by atoms with Crippen LogP contribution in [0.4, 0.5) is 4.39 Å². The van der Waals surface area contributed by atoms with Gasteiger partial charge in [-0.3, -0.25) is 0 Å². The molecule has 0 atom stereocenters. The molecule has 2 aliphatic rings. The third-order valence-electron chi connectivity index (χ3n) is 6.10. The maximum atomic E-state index is 13.7. The van der Waals surface area contributed by atoms with Crippen LogP contribution in [0.2, 0.25) is 0 Å². The van der Waals surface area contributed by atoms with E-state index >= 15 is 0 Å². The van der Waals surface area contributed by atoms with Gasteiger partial charge < -0.3 is 9.47 Å². The fraction of sp³-hybridized carbons (Fsp3) is 0.727. The van der Waals surface area contributed by atoms with Crippen LogP contribution in [-0.2, 0) is 9.47 Å². The topological polar surface area (TPSA) is 18.5 Å². The Morgan fingerprint density at radius 1 is 0.962 bits per heavy atom. The molecule has 1 heterocycles. The van der Waals surface area contributed by atoms with Crippen LogP contribution >= 0.6 is 15.9 Å². The van der Waals surface area contributed by atoms with Crippen molar-refractivity contribution >= 4 is 15.9 Å². The molecule has 1 aliphatic heterocycles. The summed E-state index contributed by atoms with van der Waals surface area (Å²) in [6.07, 6.45) is 11.9. The predicted molar refractivity (Wildman–Crippen MR) is 106 cm³/mol. The van der Waals surface area contributed by atoms with E-state index in [0.717, 1.165) is 17.4 Å². The van der Waals surface area contributed by atoms with E-state index in [2.05, 4.69) is 22.9 Å². The highest BCUT2D eigenvalue weighted by Crippen LogP contribution is 2.36. The average molecular weight is 427 g/mol. The van der Waals surface area contributed by atoms with Crippen molar-refractivity contribution in [1.29, 1.82) is 0 Å². The van der Waals surface area contributed by atoms with Crippen LogP contribution in [0.15, 0.2) is 22.7 Å². The molecular formula is C22H32BrFO2. The molecule has 0 radical (unpaired) electrons. The second-order valence-electron chi connectivity index (χ2n) is 8.14. The Kier molecular flexibility index (Phi) is 7.95. The minimum absolute atomic E-state index is 0.272. The van der Waals surface area contributed by atoms with Crippen molar-refractivity contribution in [3.8, 4) is 0 Å². The number of hydrogen-bond donors (Lipinski definition) is 0. The maximum absolute atomic E-state index is 13.7. The molecule has 0 amide bonds. The quantitative estimate of drug-likeness (QED) is 0.465. The lowest BCUT2D eigenvalue weighted by atomic mass is 9.77. The van der Waals surface area contributed by atoms with Crippen LogP contribution in [0.25, 0.3) is 0 Å². The molecule has 0 unspecified atom stereocenters. The Bertz CT molecular complexity index is 549. The summed E-state index contributed by atoms with van der Waals surface area (Å²) in [6.45, 7) is 3.72. The Hall–Kier alpha value is -0.450. The summed E-state index contributed by atoms with van der Waals surface area (Å²) < 4.78 is 25.9. The standard InChI is InChI=1S/C22H32BrFO2/c1-2-3-4-16-5-7-17(8-6-16)9-10-18-14-25-22(26-15-18)19-11-12-20(23)21(24)13-19/h11-13,16-18,22H,2-10,14-15H2,1H3. The maximum Gasteiger partial charge on any atom is 0.183 e. The highest BCUT2D eigenvalue weighted by atomic mass is 79.9. The third-order valence-corrected chi connectivity index (χ3v) is 6.74. The van der Waals surface area contributed by atoms with E-state index in [1.165, 1.54) is 63.9 Å². The SMILES string of the molecule is CCCCC1CCC(CCC2COC(c3ccc(Br)c(F)c3)OC2)CC1. The zero-order valence-corrected chi connectivity index (χ0v) is 17.5. The summed E-state index contributed by atoms with van der Waals surface area (Å²) in [7, 11) is 0. The number of benzene rings is 1. The number of rotatable bonds is 7. The molecular weight excluding hydrogens is 395 g/mol. The number of ether oxygens (including phenoxy) is 2. The lowest BCUT2D eigenvalue weighted by molar-refractivity contribution is -0.206. The van der Waals surface area contributed by atoms with E-state index in [1.807, 2.05) is 6.07 Å². The molecule has 4 heteroatoms. The van der Waals surface area contributed by atoms with Crippen molar-refractivity contribution < 1.29 is 13.9 Å². The molecule has 146 valence electrons. The first-order valence-corrected chi connectivity index (χ1v) is 11.1. The van der Waals surface area contributed by atoms with Gasteiger partial charge in [0.15, 0.2) is 6.29 Å². The van der Waals surface area contributed by atoms with E-state index in [-0.39, 0.29) is 5.82 Å². The van der Waals surface area contributed by atoms with Gasteiger partial charge >= 0.3 is 0 Å². The molecule has 3 rings (SSSR count). The van der Waals surface area contributed by atoms with E-state index in [1.54, 1.807) is 6.07 Å². The summed E-state index contributed by atoms with van der Waals surface area (Å²) in [4.78, 5) is 0. The summed E-state index contributed by atoms with van der Waals surface area (Å²) in [5.41, 5.74) is 0.759. The molecule has 1 saturated heterocycles. The van der Waals surface area contributed by atoms with Crippen LogP contribution in [-0.4, -0.2) is 13.2 Å². The first kappa shape index (κ1) is 20.3. The van der Waals surface area contributed by atoms with Gasteiger partial charge in [0.05, 0.1) is 17.7 Å². The monoisotopic (exact) mass is 426 g/mol. The predicted octanol–water partition coefficient (Wildman–Crippen LogP) is 7.03. The van der Waals surface area contributed by atoms with E-state index in [4.69, 9.17) is 9.47 Å². The van der Waals surface area contributed by atoms with Gasteiger partial charge in [0.2, 0.25) is 0 Å². The Labute approximate surface area is 166 Å². The lowest BCUT2D eigenvalue weighted by Crippen LogP contribution is -2.28. The molecule has 2 nitrogen and oxygen atoms in total. The van der Waals surface area contributed by atoms with Gasteiger partial charge in [-0.15, -0.1) is 0 Å². The molecule has 0 aromatic heterocycles. The fourth-order valence-corrected chi connectivity index (χ4v) is 4.58. The van der Waals surface area contributed by atoms with Crippen molar-refractivity contribution in [2.24, 2.45) is 17.8 Å². The summed E-state index contributed by atoms with van der Waals surface area (Å²) in [6, 6.07) is 5.06. The average Bonchev–Trinajstić information content (AvgIpc) is 2.68. The van der Waals surface area contributed by atoms with Gasteiger partial charge in [0.25, 0.3) is 0 Å². The lowest BCUT2D eigenvalue weighted by Gasteiger charge is -2.32. The Balaban J connectivity index is 1.35. The first-order chi connectivity index (χ1) is 12.7. The van der Waals surface area contributed by atoms with Crippen LogP contribution in [0.3, 0.4) is 0 Å². The normalized spacial score (nSPS) is 29.7.